The van der Waals surface area contributed by atoms with Crippen molar-refractivity contribution in [3.63, 3.8) is 0 Å². The van der Waals surface area contributed by atoms with Gasteiger partial charge in [-0.05, 0) is 43.2 Å². The number of carbonyl (C=O) groups is 1. The molecule has 4 heteroatoms. The molecule has 1 N–H and O–H groups in total. The standard InChI is InChI=1S/C15H16N2OS/c18-14(11-8-9-5-6-10(11)7-9)17-15-16-12-3-1-2-4-13(12)19-15/h1-4,9-11H,5-8H2,(H,16,17,18)/t9-,10-,11-/m1/s1. The molecule has 2 fully saturated rings. The van der Waals surface area contributed by atoms with Crippen LogP contribution in [0.15, 0.2) is 24.3 Å². The molecule has 1 aromatic heterocycles. The third kappa shape index (κ3) is 1.94. The Balaban J connectivity index is 1.53. The van der Waals surface area contributed by atoms with Crippen molar-refractivity contribution in [1.82, 2.24) is 4.98 Å². The molecule has 0 unspecified atom stereocenters. The van der Waals surface area contributed by atoms with Crippen molar-refractivity contribution in [1.29, 1.82) is 0 Å². The summed E-state index contributed by atoms with van der Waals surface area (Å²) in [5.41, 5.74) is 0.968. The van der Waals surface area contributed by atoms with Crippen LogP contribution < -0.4 is 5.32 Å². The highest BCUT2D eigenvalue weighted by Gasteiger charge is 2.43. The van der Waals surface area contributed by atoms with E-state index in [1.807, 2.05) is 24.3 Å². The van der Waals surface area contributed by atoms with Crippen molar-refractivity contribution in [2.24, 2.45) is 17.8 Å². The lowest BCUT2D eigenvalue weighted by Gasteiger charge is -2.19. The van der Waals surface area contributed by atoms with Crippen LogP contribution in [-0.2, 0) is 4.79 Å². The molecule has 1 heterocycles. The molecule has 2 saturated carbocycles. The summed E-state index contributed by atoms with van der Waals surface area (Å²) in [5, 5.41) is 3.77. The zero-order chi connectivity index (χ0) is 12.8. The topological polar surface area (TPSA) is 42.0 Å². The van der Waals surface area contributed by atoms with Crippen molar-refractivity contribution < 1.29 is 4.79 Å². The lowest BCUT2D eigenvalue weighted by Crippen LogP contribution is -2.27. The van der Waals surface area contributed by atoms with Crippen LogP contribution in [0.4, 0.5) is 5.13 Å². The Kier molecular flexibility index (Phi) is 2.58. The maximum atomic E-state index is 12.3. The monoisotopic (exact) mass is 272 g/mol. The molecule has 4 rings (SSSR count). The summed E-state index contributed by atoms with van der Waals surface area (Å²) in [4.78, 5) is 16.8. The van der Waals surface area contributed by atoms with Crippen LogP contribution >= 0.6 is 11.3 Å². The van der Waals surface area contributed by atoms with Crippen LogP contribution in [0.25, 0.3) is 10.2 Å². The zero-order valence-electron chi connectivity index (χ0n) is 10.6. The summed E-state index contributed by atoms with van der Waals surface area (Å²) in [6.45, 7) is 0. The number of rotatable bonds is 2. The van der Waals surface area contributed by atoms with Gasteiger partial charge in [0.2, 0.25) is 5.91 Å². The van der Waals surface area contributed by atoms with Gasteiger partial charge in [0.15, 0.2) is 5.13 Å². The van der Waals surface area contributed by atoms with Crippen LogP contribution in [0.2, 0.25) is 0 Å². The maximum absolute atomic E-state index is 12.3. The average molecular weight is 272 g/mol. The Morgan fingerprint density at radius 2 is 2.16 bits per heavy atom. The molecule has 2 aliphatic carbocycles. The summed E-state index contributed by atoms with van der Waals surface area (Å²) in [7, 11) is 0. The van der Waals surface area contributed by atoms with Crippen LogP contribution in [0, 0.1) is 17.8 Å². The minimum atomic E-state index is 0.186. The molecule has 0 aliphatic heterocycles. The van der Waals surface area contributed by atoms with Crippen molar-refractivity contribution in [3.05, 3.63) is 24.3 Å². The first kappa shape index (κ1) is 11.4. The van der Waals surface area contributed by atoms with Crippen LogP contribution in [0.1, 0.15) is 25.7 Å². The second kappa shape index (κ2) is 4.30. The molecule has 2 aliphatic rings. The fourth-order valence-electron chi connectivity index (χ4n) is 3.69. The number of hydrogen-bond acceptors (Lipinski definition) is 3. The second-order valence-electron chi connectivity index (χ2n) is 5.76. The number of thiazole rings is 1. The van der Waals surface area contributed by atoms with Gasteiger partial charge in [-0.15, -0.1) is 0 Å². The van der Waals surface area contributed by atoms with Gasteiger partial charge in [-0.2, -0.15) is 0 Å². The third-order valence-corrected chi connectivity index (χ3v) is 5.55. The number of nitrogens with one attached hydrogen (secondary N) is 1. The summed E-state index contributed by atoms with van der Waals surface area (Å²) in [6, 6.07) is 8.00. The van der Waals surface area contributed by atoms with Gasteiger partial charge >= 0.3 is 0 Å². The Bertz CT molecular complexity index is 603. The van der Waals surface area contributed by atoms with Crippen molar-refractivity contribution in [2.45, 2.75) is 25.7 Å². The van der Waals surface area contributed by atoms with E-state index >= 15 is 0 Å². The lowest BCUT2D eigenvalue weighted by atomic mass is 9.88. The van der Waals surface area contributed by atoms with E-state index in [1.54, 1.807) is 11.3 Å². The summed E-state index contributed by atoms with van der Waals surface area (Å²) < 4.78 is 1.13. The SMILES string of the molecule is O=C(Nc1nc2ccccc2s1)[C@@H]1C[C@@H]2CC[C@@H]1C2. The summed E-state index contributed by atoms with van der Waals surface area (Å²) >= 11 is 1.56. The van der Waals surface area contributed by atoms with E-state index < -0.39 is 0 Å². The average Bonchev–Trinajstić information content (AvgIpc) is 3.12. The predicted octanol–water partition coefficient (Wildman–Crippen LogP) is 3.67. The smallest absolute Gasteiger partial charge is 0.229 e. The van der Waals surface area contributed by atoms with Gasteiger partial charge in [0.25, 0.3) is 0 Å². The minimum Gasteiger partial charge on any atom is -0.302 e. The van der Waals surface area contributed by atoms with Gasteiger partial charge < -0.3 is 5.32 Å². The lowest BCUT2D eigenvalue weighted by molar-refractivity contribution is -0.121. The van der Waals surface area contributed by atoms with Crippen molar-refractivity contribution in [2.75, 3.05) is 5.32 Å². The van der Waals surface area contributed by atoms with Gasteiger partial charge in [0.1, 0.15) is 0 Å². The second-order valence-corrected chi connectivity index (χ2v) is 6.79. The minimum absolute atomic E-state index is 0.186. The molecule has 2 aromatic rings. The predicted molar refractivity (Wildman–Crippen MR) is 77.2 cm³/mol. The highest BCUT2D eigenvalue weighted by atomic mass is 32.1. The molecule has 1 amide bonds. The first-order valence-corrected chi connectivity index (χ1v) is 7.77. The van der Waals surface area contributed by atoms with Gasteiger partial charge in [0.05, 0.1) is 10.2 Å². The number of fused-ring (bicyclic) bond motifs is 3. The number of amides is 1. The van der Waals surface area contributed by atoms with E-state index in [2.05, 4.69) is 10.3 Å². The van der Waals surface area contributed by atoms with E-state index in [4.69, 9.17) is 0 Å². The molecule has 0 radical (unpaired) electrons. The normalized spacial score (nSPS) is 28.9. The van der Waals surface area contributed by atoms with Crippen LogP contribution in [-0.4, -0.2) is 10.9 Å². The van der Waals surface area contributed by atoms with E-state index in [1.165, 1.54) is 19.3 Å². The van der Waals surface area contributed by atoms with E-state index in [0.717, 1.165) is 27.7 Å². The Morgan fingerprint density at radius 1 is 1.26 bits per heavy atom. The van der Waals surface area contributed by atoms with Crippen molar-refractivity contribution in [3.8, 4) is 0 Å². The molecule has 98 valence electrons. The molecular weight excluding hydrogens is 256 g/mol. The zero-order valence-corrected chi connectivity index (χ0v) is 11.5. The molecule has 0 saturated heterocycles. The Labute approximate surface area is 116 Å². The molecule has 2 bridgehead atoms. The van der Waals surface area contributed by atoms with Crippen LogP contribution in [0.5, 0.6) is 0 Å². The highest BCUT2D eigenvalue weighted by Crippen LogP contribution is 2.48. The molecular formula is C15H16N2OS. The van der Waals surface area contributed by atoms with Gasteiger partial charge in [-0.1, -0.05) is 29.9 Å². The molecule has 1 aromatic carbocycles. The van der Waals surface area contributed by atoms with Crippen LogP contribution in [0.3, 0.4) is 0 Å². The van der Waals surface area contributed by atoms with E-state index in [0.29, 0.717) is 5.92 Å². The number of aromatic nitrogens is 1. The Morgan fingerprint density at radius 3 is 2.89 bits per heavy atom. The molecule has 0 spiro atoms. The summed E-state index contributed by atoms with van der Waals surface area (Å²) in [5.74, 6) is 1.84. The fraction of sp³-hybridized carbons (Fsp3) is 0.467. The van der Waals surface area contributed by atoms with Crippen molar-refractivity contribution >= 4 is 32.6 Å². The number of carbonyl (C=O) groups excluding carboxylic acids is 1. The van der Waals surface area contributed by atoms with E-state index in [9.17, 15) is 4.79 Å². The number of anilines is 1. The van der Waals surface area contributed by atoms with Gasteiger partial charge in [-0.25, -0.2) is 4.98 Å². The summed E-state index contributed by atoms with van der Waals surface area (Å²) in [6.07, 6.45) is 4.91. The number of para-hydroxylation sites is 1. The molecule has 3 atom stereocenters. The maximum Gasteiger partial charge on any atom is 0.229 e. The highest BCUT2D eigenvalue weighted by molar-refractivity contribution is 7.22. The molecule has 3 nitrogen and oxygen atoms in total. The van der Waals surface area contributed by atoms with E-state index in [-0.39, 0.29) is 11.8 Å². The fourth-order valence-corrected chi connectivity index (χ4v) is 4.56. The molecule has 19 heavy (non-hydrogen) atoms. The number of hydrogen-bond donors (Lipinski definition) is 1. The quantitative estimate of drug-likeness (QED) is 0.906. The Hall–Kier alpha value is -1.42. The van der Waals surface area contributed by atoms with Gasteiger partial charge in [0, 0.05) is 5.92 Å². The first-order valence-electron chi connectivity index (χ1n) is 6.96. The number of benzene rings is 1. The van der Waals surface area contributed by atoms with Gasteiger partial charge in [-0.3, -0.25) is 4.79 Å². The largest absolute Gasteiger partial charge is 0.302 e. The number of nitrogens with zero attached hydrogens (tertiary/aromatic N) is 1. The first-order chi connectivity index (χ1) is 9.29. The third-order valence-electron chi connectivity index (χ3n) is 4.60.